The molecule has 2 heterocycles. The van der Waals surface area contributed by atoms with E-state index in [1.165, 1.54) is 30.3 Å². The monoisotopic (exact) mass is 414 g/mol. The van der Waals surface area contributed by atoms with E-state index in [9.17, 15) is 9.18 Å². The summed E-state index contributed by atoms with van der Waals surface area (Å²) in [5, 5.41) is 0. The van der Waals surface area contributed by atoms with Crippen molar-refractivity contribution in [2.24, 2.45) is 0 Å². The lowest BCUT2D eigenvalue weighted by atomic mass is 10.0. The second-order valence-electron chi connectivity index (χ2n) is 7.89. The van der Waals surface area contributed by atoms with Gasteiger partial charge in [0.15, 0.2) is 0 Å². The number of likely N-dealkylation sites (tertiary alicyclic amines) is 2. The van der Waals surface area contributed by atoms with Gasteiger partial charge < -0.3 is 9.80 Å². The molecular weight excluding hydrogens is 383 g/mol. The molecule has 2 saturated heterocycles. The highest BCUT2D eigenvalue weighted by Gasteiger charge is 2.22. The van der Waals surface area contributed by atoms with Crippen LogP contribution in [-0.4, -0.2) is 54.7 Å². The lowest BCUT2D eigenvalue weighted by molar-refractivity contribution is 0.0788. The molecule has 0 unspecified atom stereocenters. The summed E-state index contributed by atoms with van der Waals surface area (Å²) in [5.41, 5.74) is 1.92. The lowest BCUT2D eigenvalue weighted by Crippen LogP contribution is -2.28. The van der Waals surface area contributed by atoms with Crippen LogP contribution in [0.4, 0.5) is 4.39 Å². The van der Waals surface area contributed by atoms with Crippen molar-refractivity contribution in [3.8, 4) is 11.1 Å². The van der Waals surface area contributed by atoms with Gasteiger partial charge in [-0.05, 0) is 87.8 Å². The smallest absolute Gasteiger partial charge is 0.256 e. The second kappa shape index (κ2) is 10.3. The maximum absolute atomic E-state index is 14.3. The minimum Gasteiger partial charge on any atom is -0.339 e. The van der Waals surface area contributed by atoms with Gasteiger partial charge >= 0.3 is 0 Å². The van der Waals surface area contributed by atoms with Gasteiger partial charge in [0, 0.05) is 24.0 Å². The molecule has 3 nitrogen and oxygen atoms in total. The zero-order valence-electron chi connectivity index (χ0n) is 17.7. The van der Waals surface area contributed by atoms with E-state index >= 15 is 0 Å². The predicted molar refractivity (Wildman–Crippen MR) is 120 cm³/mol. The van der Waals surface area contributed by atoms with Gasteiger partial charge in [-0.1, -0.05) is 18.2 Å². The fourth-order valence-corrected chi connectivity index (χ4v) is 4.23. The quantitative estimate of drug-likeness (QED) is 0.615. The number of benzene rings is 2. The minimum atomic E-state index is -0.441. The molecule has 2 aromatic rings. The van der Waals surface area contributed by atoms with Gasteiger partial charge in [0.25, 0.3) is 5.91 Å². The van der Waals surface area contributed by atoms with E-state index in [1.54, 1.807) is 22.7 Å². The summed E-state index contributed by atoms with van der Waals surface area (Å²) in [6.07, 6.45) is 6.84. The fourth-order valence-electron chi connectivity index (χ4n) is 3.82. The van der Waals surface area contributed by atoms with Gasteiger partial charge in [0.2, 0.25) is 0 Å². The molecule has 0 aromatic heterocycles. The van der Waals surface area contributed by atoms with Crippen molar-refractivity contribution in [2.45, 2.75) is 43.5 Å². The van der Waals surface area contributed by atoms with E-state index in [2.05, 4.69) is 18.9 Å². The van der Waals surface area contributed by atoms with Crippen molar-refractivity contribution >= 4 is 17.7 Å². The summed E-state index contributed by atoms with van der Waals surface area (Å²) < 4.78 is 14.3. The molecule has 0 N–H and O–H groups in total. The van der Waals surface area contributed by atoms with E-state index in [0.717, 1.165) is 43.1 Å². The maximum atomic E-state index is 14.3. The number of rotatable bonds is 3. The Kier molecular flexibility index (Phi) is 7.73. The summed E-state index contributed by atoms with van der Waals surface area (Å²) in [5.74, 6) is -0.636. The molecule has 29 heavy (non-hydrogen) atoms. The van der Waals surface area contributed by atoms with Crippen LogP contribution in [0.3, 0.4) is 0 Å². The molecule has 2 aromatic carbocycles. The number of halogens is 1. The summed E-state index contributed by atoms with van der Waals surface area (Å²) in [4.78, 5) is 17.6. The number of carbonyl (C=O) groups excluding carboxylic acids is 1. The zero-order chi connectivity index (χ0) is 20.8. The highest BCUT2D eigenvalue weighted by atomic mass is 32.2. The number of thioether (sulfide) groups is 1. The average molecular weight is 415 g/mol. The van der Waals surface area contributed by atoms with E-state index in [-0.39, 0.29) is 11.5 Å². The molecule has 1 atom stereocenters. The first-order chi connectivity index (χ1) is 14.0. The van der Waals surface area contributed by atoms with Gasteiger partial charge in [-0.3, -0.25) is 4.79 Å². The fraction of sp³-hybridized carbons (Fsp3) is 0.458. The Morgan fingerprint density at radius 3 is 2.14 bits per heavy atom. The molecule has 0 saturated carbocycles. The Hall–Kier alpha value is -1.85. The largest absolute Gasteiger partial charge is 0.339 e. The molecule has 2 fully saturated rings. The Balaban J connectivity index is 0.000000290. The zero-order valence-corrected chi connectivity index (χ0v) is 18.5. The van der Waals surface area contributed by atoms with Crippen molar-refractivity contribution in [1.82, 2.24) is 9.80 Å². The van der Waals surface area contributed by atoms with Crippen molar-refractivity contribution in [2.75, 3.05) is 32.9 Å². The molecule has 5 heteroatoms. The van der Waals surface area contributed by atoms with Crippen LogP contribution < -0.4 is 0 Å². The molecule has 2 aliphatic rings. The van der Waals surface area contributed by atoms with Crippen molar-refractivity contribution in [3.05, 3.63) is 53.8 Å². The van der Waals surface area contributed by atoms with Crippen LogP contribution >= 0.6 is 11.8 Å². The normalized spacial score (nSPS) is 19.2. The second-order valence-corrected chi connectivity index (χ2v) is 8.77. The summed E-state index contributed by atoms with van der Waals surface area (Å²) in [6.45, 7) is 5.06. The first-order valence-corrected chi connectivity index (χ1v) is 11.7. The number of nitrogens with zero attached hydrogens (tertiary/aromatic N) is 2. The van der Waals surface area contributed by atoms with Crippen LogP contribution in [0.25, 0.3) is 11.1 Å². The number of hydrogen-bond donors (Lipinski definition) is 0. The Morgan fingerprint density at radius 1 is 1.00 bits per heavy atom. The van der Waals surface area contributed by atoms with Gasteiger partial charge in [0.1, 0.15) is 5.82 Å². The average Bonchev–Trinajstić information content (AvgIpc) is 3.40. The maximum Gasteiger partial charge on any atom is 0.256 e. The SMILES string of the molecule is CSc1ccc(-c2ccc(C(=O)N3CCCC3)c(F)c2)cc1.C[C@@H]1CCCN1C. The first kappa shape index (κ1) is 21.8. The first-order valence-electron chi connectivity index (χ1n) is 10.4. The van der Waals surface area contributed by atoms with Gasteiger partial charge in [0.05, 0.1) is 5.56 Å². The van der Waals surface area contributed by atoms with Crippen LogP contribution in [0.1, 0.15) is 43.0 Å². The Morgan fingerprint density at radius 2 is 1.66 bits per heavy atom. The number of hydrogen-bond acceptors (Lipinski definition) is 3. The third-order valence-corrected chi connectivity index (χ3v) is 6.64. The molecule has 0 spiro atoms. The summed E-state index contributed by atoms with van der Waals surface area (Å²) in [6, 6.07) is 13.7. The molecule has 0 bridgehead atoms. The molecule has 0 radical (unpaired) electrons. The predicted octanol–water partition coefficient (Wildman–Crippen LogP) is 5.55. The van der Waals surface area contributed by atoms with Gasteiger partial charge in [-0.2, -0.15) is 0 Å². The Labute approximate surface area is 178 Å². The van der Waals surface area contributed by atoms with Crippen molar-refractivity contribution in [3.63, 3.8) is 0 Å². The highest BCUT2D eigenvalue weighted by molar-refractivity contribution is 7.98. The molecule has 0 aliphatic carbocycles. The highest BCUT2D eigenvalue weighted by Crippen LogP contribution is 2.25. The third-order valence-electron chi connectivity index (χ3n) is 5.90. The molecule has 1 amide bonds. The lowest BCUT2D eigenvalue weighted by Gasteiger charge is -2.16. The van der Waals surface area contributed by atoms with Crippen LogP contribution in [0.5, 0.6) is 0 Å². The molecule has 4 rings (SSSR count). The van der Waals surface area contributed by atoms with E-state index in [0.29, 0.717) is 0 Å². The molecular formula is C24H31FN2OS. The van der Waals surface area contributed by atoms with Gasteiger partial charge in [-0.15, -0.1) is 11.8 Å². The summed E-state index contributed by atoms with van der Waals surface area (Å²) in [7, 11) is 2.19. The topological polar surface area (TPSA) is 23.6 Å². The standard InChI is InChI=1S/C18H18FNOS.C6H13N/c1-22-15-7-4-13(5-8-15)14-6-9-16(17(19)12-14)18(21)20-10-2-3-11-20;1-6-4-3-5-7(6)2/h4-9,12H,2-3,10-11H2,1H3;6H,3-5H2,1-2H3/t;6-/m.1/s1. The van der Waals surface area contributed by atoms with Crippen molar-refractivity contribution in [1.29, 1.82) is 0 Å². The van der Waals surface area contributed by atoms with Crippen LogP contribution in [0.2, 0.25) is 0 Å². The van der Waals surface area contributed by atoms with Gasteiger partial charge in [-0.25, -0.2) is 4.39 Å². The van der Waals surface area contributed by atoms with Crippen molar-refractivity contribution < 1.29 is 9.18 Å². The molecule has 156 valence electrons. The van der Waals surface area contributed by atoms with E-state index in [1.807, 2.05) is 36.6 Å². The van der Waals surface area contributed by atoms with Crippen LogP contribution in [0.15, 0.2) is 47.4 Å². The van der Waals surface area contributed by atoms with E-state index in [4.69, 9.17) is 0 Å². The number of carbonyl (C=O) groups is 1. The van der Waals surface area contributed by atoms with Crippen LogP contribution in [-0.2, 0) is 0 Å². The minimum absolute atomic E-state index is 0.173. The van der Waals surface area contributed by atoms with Crippen LogP contribution in [0, 0.1) is 5.82 Å². The third kappa shape index (κ3) is 5.61. The summed E-state index contributed by atoms with van der Waals surface area (Å²) >= 11 is 1.67. The molecule has 2 aliphatic heterocycles. The number of amides is 1. The Bertz CT molecular complexity index is 810. The van der Waals surface area contributed by atoms with E-state index < -0.39 is 5.82 Å².